The van der Waals surface area contributed by atoms with Crippen molar-refractivity contribution in [3.63, 3.8) is 0 Å². The first-order valence-electron chi connectivity index (χ1n) is 10.0. The third-order valence-corrected chi connectivity index (χ3v) is 4.77. The van der Waals surface area contributed by atoms with Gasteiger partial charge in [-0.25, -0.2) is 0 Å². The summed E-state index contributed by atoms with van der Waals surface area (Å²) in [6, 6.07) is 24.0. The molecule has 0 saturated heterocycles. The van der Waals surface area contributed by atoms with Crippen molar-refractivity contribution in [3.8, 4) is 34.7 Å². The lowest BCUT2D eigenvalue weighted by molar-refractivity contribution is 0.0951. The van der Waals surface area contributed by atoms with Crippen molar-refractivity contribution < 1.29 is 13.9 Å². The van der Waals surface area contributed by atoms with E-state index >= 15 is 0 Å². The third-order valence-electron chi connectivity index (χ3n) is 4.77. The zero-order valence-corrected chi connectivity index (χ0v) is 17.4. The number of benzene rings is 3. The predicted octanol–water partition coefficient (Wildman–Crippen LogP) is 4.54. The Labute approximate surface area is 185 Å². The molecule has 0 aliphatic heterocycles. The van der Waals surface area contributed by atoms with Crippen molar-refractivity contribution in [2.24, 2.45) is 0 Å². The van der Waals surface area contributed by atoms with Gasteiger partial charge in [0.2, 0.25) is 11.8 Å². The van der Waals surface area contributed by atoms with Crippen molar-refractivity contribution in [1.82, 2.24) is 15.5 Å². The summed E-state index contributed by atoms with van der Waals surface area (Å²) >= 11 is 0. The molecule has 0 spiro atoms. The molecule has 1 N–H and O–H groups in total. The molecule has 0 atom stereocenters. The van der Waals surface area contributed by atoms with Crippen molar-refractivity contribution in [1.29, 1.82) is 5.26 Å². The Morgan fingerprint density at radius 1 is 1.00 bits per heavy atom. The average molecular weight is 424 g/mol. The van der Waals surface area contributed by atoms with Crippen LogP contribution in [0.3, 0.4) is 0 Å². The first-order valence-corrected chi connectivity index (χ1v) is 10.0. The zero-order valence-electron chi connectivity index (χ0n) is 17.4. The molecule has 7 nitrogen and oxygen atoms in total. The largest absolute Gasteiger partial charge is 0.479 e. The highest BCUT2D eigenvalue weighted by molar-refractivity contribution is 5.94. The summed E-state index contributed by atoms with van der Waals surface area (Å²) in [7, 11) is 0. The molecule has 1 aromatic heterocycles. The number of aromatic nitrogens is 2. The van der Waals surface area contributed by atoms with E-state index in [0.717, 1.165) is 22.3 Å². The minimum Gasteiger partial charge on any atom is -0.479 e. The lowest BCUT2D eigenvalue weighted by Crippen LogP contribution is -2.22. The van der Waals surface area contributed by atoms with Crippen LogP contribution in [0.1, 0.15) is 21.5 Å². The fourth-order valence-corrected chi connectivity index (χ4v) is 3.06. The Morgan fingerprint density at radius 2 is 1.66 bits per heavy atom. The SMILES string of the molecule is Cc1ccc(-c2nnc(-c3ccc(C(=O)NCc4cccc(OCC#N)c4)cc3)o2)cc1. The van der Waals surface area contributed by atoms with Crippen LogP contribution in [0, 0.1) is 18.3 Å². The molecule has 32 heavy (non-hydrogen) atoms. The van der Waals surface area contributed by atoms with E-state index in [4.69, 9.17) is 14.4 Å². The van der Waals surface area contributed by atoms with Gasteiger partial charge < -0.3 is 14.5 Å². The molecule has 4 rings (SSSR count). The van der Waals surface area contributed by atoms with Crippen LogP contribution in [-0.2, 0) is 6.54 Å². The Morgan fingerprint density at radius 3 is 2.31 bits per heavy atom. The predicted molar refractivity (Wildman–Crippen MR) is 119 cm³/mol. The molecule has 0 aliphatic rings. The topological polar surface area (TPSA) is 101 Å². The Kier molecular flexibility index (Phi) is 6.23. The van der Waals surface area contributed by atoms with Gasteiger partial charge in [-0.3, -0.25) is 4.79 Å². The molecule has 1 heterocycles. The molecule has 1 amide bonds. The van der Waals surface area contributed by atoms with Gasteiger partial charge in [-0.2, -0.15) is 5.26 Å². The number of hydrogen-bond acceptors (Lipinski definition) is 6. The molecule has 0 saturated carbocycles. The Bertz CT molecular complexity index is 1260. The number of aryl methyl sites for hydroxylation is 1. The van der Waals surface area contributed by atoms with E-state index in [9.17, 15) is 4.79 Å². The van der Waals surface area contributed by atoms with Crippen LogP contribution in [0.15, 0.2) is 77.2 Å². The van der Waals surface area contributed by atoms with Crippen LogP contribution in [0.25, 0.3) is 22.9 Å². The van der Waals surface area contributed by atoms with E-state index in [1.165, 1.54) is 0 Å². The number of carbonyl (C=O) groups excluding carboxylic acids is 1. The Balaban J connectivity index is 1.39. The van der Waals surface area contributed by atoms with Crippen molar-refractivity contribution >= 4 is 5.91 Å². The van der Waals surface area contributed by atoms with E-state index < -0.39 is 0 Å². The smallest absolute Gasteiger partial charge is 0.251 e. The summed E-state index contributed by atoms with van der Waals surface area (Å²) in [5, 5.41) is 19.7. The molecule has 0 radical (unpaired) electrons. The summed E-state index contributed by atoms with van der Waals surface area (Å²) in [6.45, 7) is 2.34. The van der Waals surface area contributed by atoms with Crippen molar-refractivity contribution in [2.75, 3.05) is 6.61 Å². The number of carbonyl (C=O) groups is 1. The quantitative estimate of drug-likeness (QED) is 0.467. The van der Waals surface area contributed by atoms with Gasteiger partial charge >= 0.3 is 0 Å². The summed E-state index contributed by atoms with van der Waals surface area (Å²) in [4.78, 5) is 12.5. The van der Waals surface area contributed by atoms with E-state index in [0.29, 0.717) is 29.6 Å². The molecule has 4 aromatic rings. The molecule has 0 unspecified atom stereocenters. The van der Waals surface area contributed by atoms with Crippen LogP contribution >= 0.6 is 0 Å². The molecular weight excluding hydrogens is 404 g/mol. The van der Waals surface area contributed by atoms with Gasteiger partial charge in [-0.05, 0) is 61.0 Å². The van der Waals surface area contributed by atoms with Gasteiger partial charge in [0.05, 0.1) is 0 Å². The van der Waals surface area contributed by atoms with Crippen molar-refractivity contribution in [3.05, 3.63) is 89.5 Å². The summed E-state index contributed by atoms with van der Waals surface area (Å²) in [6.07, 6.45) is 0. The summed E-state index contributed by atoms with van der Waals surface area (Å²) < 4.78 is 11.1. The van der Waals surface area contributed by atoms with E-state index in [2.05, 4.69) is 15.5 Å². The standard InChI is InChI=1S/C25H20N4O3/c1-17-5-7-20(8-6-17)24-28-29-25(32-24)21-11-9-19(10-12-21)23(30)27-16-18-3-2-4-22(15-18)31-14-13-26/h2-12,15H,14,16H2,1H3,(H,27,30). The Hall–Kier alpha value is -4.44. The number of rotatable bonds is 7. The lowest BCUT2D eigenvalue weighted by Gasteiger charge is -2.08. The van der Waals surface area contributed by atoms with Crippen LogP contribution in [0.5, 0.6) is 5.75 Å². The van der Waals surface area contributed by atoms with Gasteiger partial charge in [-0.15, -0.1) is 10.2 Å². The maximum atomic E-state index is 12.5. The molecule has 3 aromatic carbocycles. The maximum absolute atomic E-state index is 12.5. The molecule has 158 valence electrons. The number of nitrogens with one attached hydrogen (secondary N) is 1. The highest BCUT2D eigenvalue weighted by Gasteiger charge is 2.12. The minimum atomic E-state index is -0.203. The van der Waals surface area contributed by atoms with Gasteiger partial charge in [0.15, 0.2) is 6.61 Å². The van der Waals surface area contributed by atoms with E-state index in [-0.39, 0.29) is 12.5 Å². The molecule has 0 bridgehead atoms. The van der Waals surface area contributed by atoms with Crippen LogP contribution in [0.4, 0.5) is 0 Å². The maximum Gasteiger partial charge on any atom is 0.251 e. The number of nitriles is 1. The van der Waals surface area contributed by atoms with E-state index in [1.54, 1.807) is 36.4 Å². The zero-order chi connectivity index (χ0) is 22.3. The van der Waals surface area contributed by atoms with Gasteiger partial charge in [0.25, 0.3) is 5.91 Å². The van der Waals surface area contributed by atoms with Crippen LogP contribution < -0.4 is 10.1 Å². The number of ether oxygens (including phenoxy) is 1. The average Bonchev–Trinajstić information content (AvgIpc) is 3.32. The third kappa shape index (κ3) is 4.99. The fraction of sp³-hybridized carbons (Fsp3) is 0.120. The number of nitrogens with zero attached hydrogens (tertiary/aromatic N) is 3. The molecular formula is C25H20N4O3. The van der Waals surface area contributed by atoms with Gasteiger partial charge in [-0.1, -0.05) is 29.8 Å². The highest BCUT2D eigenvalue weighted by Crippen LogP contribution is 2.24. The number of amides is 1. The first kappa shape index (κ1) is 20.8. The lowest BCUT2D eigenvalue weighted by atomic mass is 10.1. The van der Waals surface area contributed by atoms with Gasteiger partial charge in [0, 0.05) is 23.2 Å². The van der Waals surface area contributed by atoms with Crippen LogP contribution in [-0.4, -0.2) is 22.7 Å². The van der Waals surface area contributed by atoms with Crippen LogP contribution in [0.2, 0.25) is 0 Å². The number of hydrogen-bond donors (Lipinski definition) is 1. The van der Waals surface area contributed by atoms with E-state index in [1.807, 2.05) is 49.4 Å². The molecule has 7 heteroatoms. The highest BCUT2D eigenvalue weighted by atomic mass is 16.5. The summed E-state index contributed by atoms with van der Waals surface area (Å²) in [5.41, 5.74) is 4.13. The second-order valence-electron chi connectivity index (χ2n) is 7.13. The monoisotopic (exact) mass is 424 g/mol. The second kappa shape index (κ2) is 9.58. The fourth-order valence-electron chi connectivity index (χ4n) is 3.06. The normalized spacial score (nSPS) is 10.4. The van der Waals surface area contributed by atoms with Gasteiger partial charge in [0.1, 0.15) is 11.8 Å². The second-order valence-corrected chi connectivity index (χ2v) is 7.13. The van der Waals surface area contributed by atoms with Crippen molar-refractivity contribution in [2.45, 2.75) is 13.5 Å². The molecule has 0 aliphatic carbocycles. The molecule has 0 fully saturated rings. The summed E-state index contributed by atoms with van der Waals surface area (Å²) in [5.74, 6) is 1.22. The minimum absolute atomic E-state index is 0.0191. The first-order chi connectivity index (χ1) is 15.6.